The first-order valence-corrected chi connectivity index (χ1v) is 7.48. The van der Waals surface area contributed by atoms with Crippen LogP contribution in [-0.2, 0) is 0 Å². The Kier molecular flexibility index (Phi) is 4.20. The minimum Gasteiger partial charge on any atom is -0.663 e. The van der Waals surface area contributed by atoms with Gasteiger partial charge in [-0.3, -0.25) is 4.98 Å². The van der Waals surface area contributed by atoms with Gasteiger partial charge in [0, 0.05) is 28.9 Å². The number of nitrogens with zero attached hydrogens (tertiary/aromatic N) is 2. The normalized spacial score (nSPS) is 13.2. The number of nitrogens with one attached hydrogen (secondary N) is 1. The van der Waals surface area contributed by atoms with Crippen LogP contribution < -0.4 is 0 Å². The van der Waals surface area contributed by atoms with Gasteiger partial charge in [0.05, 0.1) is 11.2 Å². The summed E-state index contributed by atoms with van der Waals surface area (Å²) < 4.78 is 53.3. The fraction of sp³-hybridized carbons (Fsp3) is 0.222. The molecule has 130 valence electrons. The molecule has 0 spiro atoms. The average Bonchev–Trinajstić information content (AvgIpc) is 2.56. The summed E-state index contributed by atoms with van der Waals surface area (Å²) in [5.74, 6) is -0.487. The minimum absolute atomic E-state index is 0.00488. The zero-order valence-electron chi connectivity index (χ0n) is 13.4. The molecule has 0 aliphatic rings. The van der Waals surface area contributed by atoms with Gasteiger partial charge in [-0.15, -0.1) is 0 Å². The molecule has 0 saturated carbocycles. The van der Waals surface area contributed by atoms with Gasteiger partial charge in [0.15, 0.2) is 0 Å². The molecule has 1 aromatic carbocycles. The lowest BCUT2D eigenvalue weighted by Crippen LogP contribution is -2.18. The Hall–Kier alpha value is -2.54. The van der Waals surface area contributed by atoms with E-state index in [2.05, 4.69) is 9.97 Å². The Bertz CT molecular complexity index is 951. The highest BCUT2D eigenvalue weighted by Gasteiger charge is 2.34. The quantitative estimate of drug-likeness (QED) is 0.557. The number of aromatic nitrogens is 2. The van der Waals surface area contributed by atoms with Crippen molar-refractivity contribution in [2.24, 2.45) is 0 Å². The maximum atomic E-state index is 13.8. The highest BCUT2D eigenvalue weighted by Crippen LogP contribution is 2.40. The zero-order valence-corrected chi connectivity index (χ0v) is 13.4. The zero-order chi connectivity index (χ0) is 18.4. The Labute approximate surface area is 141 Å². The van der Waals surface area contributed by atoms with E-state index in [1.165, 1.54) is 31.3 Å². The van der Waals surface area contributed by atoms with Crippen LogP contribution >= 0.6 is 0 Å². The third kappa shape index (κ3) is 3.19. The lowest BCUT2D eigenvalue weighted by atomic mass is 9.97. The van der Waals surface area contributed by atoms with Crippen molar-refractivity contribution in [3.8, 4) is 11.3 Å². The van der Waals surface area contributed by atoms with Crippen molar-refractivity contribution in [2.75, 3.05) is 0 Å². The number of pyridine rings is 2. The average molecular weight is 348 g/mol. The highest BCUT2D eigenvalue weighted by molar-refractivity contribution is 5.86. The molecule has 25 heavy (non-hydrogen) atoms. The summed E-state index contributed by atoms with van der Waals surface area (Å²) in [5.41, 5.74) is 8.97. The third-order valence-corrected chi connectivity index (χ3v) is 3.99. The van der Waals surface area contributed by atoms with Crippen molar-refractivity contribution in [3.05, 3.63) is 64.9 Å². The van der Waals surface area contributed by atoms with E-state index in [1.54, 1.807) is 19.2 Å². The van der Waals surface area contributed by atoms with Crippen molar-refractivity contribution in [1.29, 1.82) is 0 Å². The summed E-state index contributed by atoms with van der Waals surface area (Å²) >= 11 is 0. The first-order chi connectivity index (χ1) is 11.7. The molecule has 3 aromatic rings. The highest BCUT2D eigenvalue weighted by atomic mass is 19.4. The first kappa shape index (κ1) is 17.3. The smallest absolute Gasteiger partial charge is 0.377 e. The molecule has 0 amide bonds. The van der Waals surface area contributed by atoms with Crippen LogP contribution in [0.15, 0.2) is 36.7 Å². The van der Waals surface area contributed by atoms with Gasteiger partial charge in [0.1, 0.15) is 5.82 Å². The van der Waals surface area contributed by atoms with E-state index < -0.39 is 18.0 Å². The minimum atomic E-state index is -4.74. The maximum absolute atomic E-state index is 13.8. The number of fused-ring (bicyclic) bond motifs is 1. The molecule has 2 aromatic heterocycles. The second-order valence-corrected chi connectivity index (χ2v) is 5.90. The molecule has 0 radical (unpaired) electrons. The van der Waals surface area contributed by atoms with Crippen LogP contribution in [0.1, 0.15) is 22.7 Å². The SMILES string of the molecule is Cc1cncc(-c2nc3c(C)c(F)ccc3cc2[C@@H]([NH-])C(F)(F)F)c1. The lowest BCUT2D eigenvalue weighted by Gasteiger charge is -2.26. The Balaban J connectivity index is 2.36. The molecule has 0 saturated heterocycles. The molecule has 7 heteroatoms. The molecule has 0 aliphatic heterocycles. The number of benzene rings is 1. The monoisotopic (exact) mass is 348 g/mol. The van der Waals surface area contributed by atoms with Crippen molar-refractivity contribution < 1.29 is 17.6 Å². The molecule has 3 nitrogen and oxygen atoms in total. The standard InChI is InChI=1S/C18H14F4N3/c1-9-5-12(8-24-7-9)16-13(17(23)18(20,21)22)6-11-3-4-14(19)10(2)15(11)25-16/h3-8,17,23H,1-2H3/q-1/t17-/m1/s1. The molecule has 0 bridgehead atoms. The Morgan fingerprint density at radius 3 is 2.44 bits per heavy atom. The van der Waals surface area contributed by atoms with Gasteiger partial charge in [-0.05, 0) is 55.3 Å². The molecule has 1 N–H and O–H groups in total. The molecule has 1 atom stereocenters. The summed E-state index contributed by atoms with van der Waals surface area (Å²) in [6.07, 6.45) is -1.78. The Morgan fingerprint density at radius 2 is 1.80 bits per heavy atom. The van der Waals surface area contributed by atoms with Crippen molar-refractivity contribution in [3.63, 3.8) is 0 Å². The van der Waals surface area contributed by atoms with Gasteiger partial charge in [-0.2, -0.15) is 13.2 Å². The number of rotatable bonds is 2. The van der Waals surface area contributed by atoms with Crippen molar-refractivity contribution in [2.45, 2.75) is 26.1 Å². The van der Waals surface area contributed by atoms with E-state index in [4.69, 9.17) is 5.73 Å². The van der Waals surface area contributed by atoms with Gasteiger partial charge in [-0.25, -0.2) is 9.37 Å². The van der Waals surface area contributed by atoms with Gasteiger partial charge >= 0.3 is 6.18 Å². The van der Waals surface area contributed by atoms with E-state index in [0.29, 0.717) is 10.9 Å². The van der Waals surface area contributed by atoms with Gasteiger partial charge < -0.3 is 5.73 Å². The molecular weight excluding hydrogens is 334 g/mol. The van der Waals surface area contributed by atoms with Gasteiger partial charge in [-0.1, -0.05) is 0 Å². The van der Waals surface area contributed by atoms with Crippen LogP contribution in [0.25, 0.3) is 27.9 Å². The molecule has 2 heterocycles. The molecule has 3 rings (SSSR count). The van der Waals surface area contributed by atoms with E-state index in [0.717, 1.165) is 5.56 Å². The topological polar surface area (TPSA) is 49.6 Å². The summed E-state index contributed by atoms with van der Waals surface area (Å²) in [6.45, 7) is 3.27. The van der Waals surface area contributed by atoms with E-state index >= 15 is 0 Å². The molecule has 0 fully saturated rings. The number of hydrogen-bond acceptors (Lipinski definition) is 2. The van der Waals surface area contributed by atoms with Crippen LogP contribution in [0.4, 0.5) is 17.6 Å². The van der Waals surface area contributed by atoms with Crippen molar-refractivity contribution in [1.82, 2.24) is 9.97 Å². The fourth-order valence-corrected chi connectivity index (χ4v) is 2.69. The van der Waals surface area contributed by atoms with Crippen LogP contribution in [0.5, 0.6) is 0 Å². The second-order valence-electron chi connectivity index (χ2n) is 5.90. The van der Waals surface area contributed by atoms with E-state index in [-0.39, 0.29) is 22.3 Å². The van der Waals surface area contributed by atoms with Gasteiger partial charge in [0.25, 0.3) is 0 Å². The second kappa shape index (κ2) is 6.07. The van der Waals surface area contributed by atoms with Crippen LogP contribution in [-0.4, -0.2) is 16.1 Å². The fourth-order valence-electron chi connectivity index (χ4n) is 2.69. The van der Waals surface area contributed by atoms with Crippen LogP contribution in [0, 0.1) is 19.7 Å². The number of hydrogen-bond donors (Lipinski definition) is 0. The Morgan fingerprint density at radius 1 is 1.08 bits per heavy atom. The van der Waals surface area contributed by atoms with E-state index in [9.17, 15) is 17.6 Å². The number of halogens is 4. The predicted octanol–water partition coefficient (Wildman–Crippen LogP) is 5.71. The molecule has 0 aliphatic carbocycles. The predicted molar refractivity (Wildman–Crippen MR) is 87.5 cm³/mol. The number of aryl methyl sites for hydroxylation is 2. The third-order valence-electron chi connectivity index (χ3n) is 3.99. The summed E-state index contributed by atoms with van der Waals surface area (Å²) in [6, 6.07) is 3.00. The number of alkyl halides is 3. The summed E-state index contributed by atoms with van der Waals surface area (Å²) in [4.78, 5) is 8.27. The maximum Gasteiger partial charge on any atom is 0.377 e. The first-order valence-electron chi connectivity index (χ1n) is 7.48. The lowest BCUT2D eigenvalue weighted by molar-refractivity contribution is -0.139. The van der Waals surface area contributed by atoms with E-state index in [1.807, 2.05) is 0 Å². The van der Waals surface area contributed by atoms with Crippen molar-refractivity contribution >= 4 is 10.9 Å². The molecular formula is C18H14F4N3-. The largest absolute Gasteiger partial charge is 0.663 e. The summed E-state index contributed by atoms with van der Waals surface area (Å²) in [5, 5.41) is 0.361. The van der Waals surface area contributed by atoms with Crippen LogP contribution in [0.3, 0.4) is 0 Å². The molecule has 0 unspecified atom stereocenters. The summed E-state index contributed by atoms with van der Waals surface area (Å²) in [7, 11) is 0. The van der Waals surface area contributed by atoms with Crippen LogP contribution in [0.2, 0.25) is 0 Å². The van der Waals surface area contributed by atoms with Gasteiger partial charge in [0.2, 0.25) is 0 Å².